The fourth-order valence-electron chi connectivity index (χ4n) is 3.48. The highest BCUT2D eigenvalue weighted by atomic mass is 16.3. The molecule has 0 bridgehead atoms. The van der Waals surface area contributed by atoms with Crippen molar-refractivity contribution < 1.29 is 9.90 Å². The zero-order chi connectivity index (χ0) is 17.9. The number of piperazine rings is 1. The van der Waals surface area contributed by atoms with E-state index in [1.165, 1.54) is 0 Å². The van der Waals surface area contributed by atoms with Crippen LogP contribution in [-0.2, 0) is 4.79 Å². The first-order valence-electron chi connectivity index (χ1n) is 8.92. The van der Waals surface area contributed by atoms with Gasteiger partial charge in [-0.05, 0) is 6.07 Å². The number of fused-ring (bicyclic) bond motifs is 1. The van der Waals surface area contributed by atoms with Crippen molar-refractivity contribution in [3.05, 3.63) is 59.7 Å². The molecule has 2 aromatic rings. The Labute approximate surface area is 152 Å². The molecule has 0 spiro atoms. The average Bonchev–Trinajstić information content (AvgIpc) is 2.85. The maximum absolute atomic E-state index is 12.6. The van der Waals surface area contributed by atoms with Gasteiger partial charge >= 0.3 is 0 Å². The maximum atomic E-state index is 12.6. The summed E-state index contributed by atoms with van der Waals surface area (Å²) in [7, 11) is 0. The number of hydrogen-bond donors (Lipinski definition) is 3. The zero-order valence-corrected chi connectivity index (χ0v) is 14.5. The second-order valence-corrected chi connectivity index (χ2v) is 6.47. The molecule has 0 unspecified atom stereocenters. The van der Waals surface area contributed by atoms with Crippen molar-refractivity contribution in [2.45, 2.75) is 6.04 Å². The first-order chi connectivity index (χ1) is 12.8. The van der Waals surface area contributed by atoms with Crippen LogP contribution >= 0.6 is 0 Å². The van der Waals surface area contributed by atoms with E-state index in [-0.39, 0.29) is 12.5 Å². The largest absolute Gasteiger partial charge is 0.394 e. The van der Waals surface area contributed by atoms with Crippen LogP contribution in [0.4, 0.5) is 11.4 Å². The first-order valence-corrected chi connectivity index (χ1v) is 8.92. The maximum Gasteiger partial charge on any atom is 0.251 e. The molecule has 2 aliphatic heterocycles. The number of aliphatic hydroxyl groups excluding tert-OH is 1. The number of nitrogens with zero attached hydrogens (tertiary/aromatic N) is 2. The molecule has 2 aromatic carbocycles. The molecule has 0 aromatic heterocycles. The second kappa shape index (κ2) is 7.27. The van der Waals surface area contributed by atoms with Gasteiger partial charge in [-0.3, -0.25) is 9.79 Å². The third-order valence-corrected chi connectivity index (χ3v) is 4.81. The van der Waals surface area contributed by atoms with Gasteiger partial charge < -0.3 is 20.6 Å². The molecule has 3 N–H and O–H groups in total. The fraction of sp³-hybridized carbons (Fsp3) is 0.300. The molecule has 26 heavy (non-hydrogen) atoms. The van der Waals surface area contributed by atoms with E-state index in [9.17, 15) is 9.90 Å². The number of aliphatic hydroxyl groups is 1. The predicted molar refractivity (Wildman–Crippen MR) is 103 cm³/mol. The lowest BCUT2D eigenvalue weighted by molar-refractivity contribution is -0.118. The number of para-hydroxylation sites is 1. The molecule has 1 saturated heterocycles. The Hall–Kier alpha value is -2.70. The SMILES string of the molecule is O=C1Nc2c(cccc2N2CCNCC2)C(c2ccccc2)=N[C@H]1CO. The molecule has 2 aliphatic rings. The number of carbonyl (C=O) groups excluding carboxylic acids is 1. The number of aliphatic imine (C=N–C) groups is 1. The Kier molecular flexibility index (Phi) is 4.69. The number of hydrogen-bond acceptors (Lipinski definition) is 5. The molecule has 0 radical (unpaired) electrons. The molecule has 2 heterocycles. The Morgan fingerprint density at radius 3 is 2.58 bits per heavy atom. The molecule has 0 aliphatic carbocycles. The van der Waals surface area contributed by atoms with Crippen LogP contribution in [0.3, 0.4) is 0 Å². The minimum Gasteiger partial charge on any atom is -0.394 e. The molecule has 6 heteroatoms. The van der Waals surface area contributed by atoms with Gasteiger partial charge in [-0.15, -0.1) is 0 Å². The van der Waals surface area contributed by atoms with Crippen LogP contribution in [-0.4, -0.2) is 55.6 Å². The minimum atomic E-state index is -0.812. The van der Waals surface area contributed by atoms with Gasteiger partial charge in [0.25, 0.3) is 5.91 Å². The number of benzodiazepines with no additional fused rings is 1. The highest BCUT2D eigenvalue weighted by Gasteiger charge is 2.28. The highest BCUT2D eigenvalue weighted by molar-refractivity contribution is 6.21. The van der Waals surface area contributed by atoms with Crippen molar-refractivity contribution in [3.8, 4) is 0 Å². The van der Waals surface area contributed by atoms with E-state index in [2.05, 4.69) is 20.5 Å². The van der Waals surface area contributed by atoms with Gasteiger partial charge in [0.2, 0.25) is 0 Å². The molecule has 134 valence electrons. The number of carbonyl (C=O) groups is 1. The van der Waals surface area contributed by atoms with E-state index in [0.717, 1.165) is 54.4 Å². The predicted octanol–water partition coefficient (Wildman–Crippen LogP) is 1.25. The lowest BCUT2D eigenvalue weighted by Crippen LogP contribution is -2.44. The summed E-state index contributed by atoms with van der Waals surface area (Å²) in [5, 5.41) is 16.0. The van der Waals surface area contributed by atoms with Crippen LogP contribution in [0.2, 0.25) is 0 Å². The van der Waals surface area contributed by atoms with E-state index >= 15 is 0 Å². The number of amides is 1. The monoisotopic (exact) mass is 350 g/mol. The topological polar surface area (TPSA) is 77.0 Å². The summed E-state index contributed by atoms with van der Waals surface area (Å²) in [6, 6.07) is 15.0. The van der Waals surface area contributed by atoms with Gasteiger partial charge in [-0.2, -0.15) is 0 Å². The van der Waals surface area contributed by atoms with Crippen LogP contribution in [0.5, 0.6) is 0 Å². The summed E-state index contributed by atoms with van der Waals surface area (Å²) < 4.78 is 0. The molecule has 1 fully saturated rings. The lowest BCUT2D eigenvalue weighted by Gasteiger charge is -2.31. The first kappa shape index (κ1) is 16.8. The summed E-state index contributed by atoms with van der Waals surface area (Å²) in [6.45, 7) is 3.27. The van der Waals surface area contributed by atoms with Crippen LogP contribution in [0.15, 0.2) is 53.5 Å². The van der Waals surface area contributed by atoms with Crippen molar-refractivity contribution in [2.24, 2.45) is 4.99 Å². The normalized spacial score (nSPS) is 20.0. The summed E-state index contributed by atoms with van der Waals surface area (Å²) in [6.07, 6.45) is 0. The van der Waals surface area contributed by atoms with E-state index in [0.29, 0.717) is 0 Å². The summed E-state index contributed by atoms with van der Waals surface area (Å²) in [4.78, 5) is 19.5. The average molecular weight is 350 g/mol. The summed E-state index contributed by atoms with van der Waals surface area (Å²) >= 11 is 0. The third-order valence-electron chi connectivity index (χ3n) is 4.81. The van der Waals surface area contributed by atoms with Crippen molar-refractivity contribution in [1.82, 2.24) is 5.32 Å². The molecule has 1 amide bonds. The third kappa shape index (κ3) is 3.09. The van der Waals surface area contributed by atoms with E-state index in [1.807, 2.05) is 48.5 Å². The van der Waals surface area contributed by atoms with Crippen LogP contribution in [0.1, 0.15) is 11.1 Å². The molecular weight excluding hydrogens is 328 g/mol. The summed E-state index contributed by atoms with van der Waals surface area (Å²) in [5.74, 6) is -0.276. The van der Waals surface area contributed by atoms with Crippen LogP contribution in [0, 0.1) is 0 Å². The smallest absolute Gasteiger partial charge is 0.251 e. The zero-order valence-electron chi connectivity index (χ0n) is 14.5. The number of rotatable bonds is 3. The summed E-state index contributed by atoms with van der Waals surface area (Å²) in [5.41, 5.74) is 4.32. The molecule has 0 saturated carbocycles. The highest BCUT2D eigenvalue weighted by Crippen LogP contribution is 2.34. The van der Waals surface area contributed by atoms with Gasteiger partial charge in [0.15, 0.2) is 6.04 Å². The van der Waals surface area contributed by atoms with Crippen LogP contribution in [0.25, 0.3) is 0 Å². The van der Waals surface area contributed by atoms with E-state index in [1.54, 1.807) is 0 Å². The number of anilines is 2. The Morgan fingerprint density at radius 2 is 1.85 bits per heavy atom. The van der Waals surface area contributed by atoms with Gasteiger partial charge in [0, 0.05) is 37.3 Å². The Balaban J connectivity index is 1.86. The molecular formula is C20H22N4O2. The van der Waals surface area contributed by atoms with Gasteiger partial charge in [-0.25, -0.2) is 0 Å². The van der Waals surface area contributed by atoms with E-state index < -0.39 is 6.04 Å². The number of benzene rings is 2. The number of nitrogens with one attached hydrogen (secondary N) is 2. The van der Waals surface area contributed by atoms with Crippen molar-refractivity contribution in [1.29, 1.82) is 0 Å². The van der Waals surface area contributed by atoms with Gasteiger partial charge in [-0.1, -0.05) is 42.5 Å². The van der Waals surface area contributed by atoms with Crippen LogP contribution < -0.4 is 15.5 Å². The van der Waals surface area contributed by atoms with Gasteiger partial charge in [0.1, 0.15) is 0 Å². The molecule has 1 atom stereocenters. The lowest BCUT2D eigenvalue weighted by atomic mass is 9.99. The molecule has 4 rings (SSSR count). The van der Waals surface area contributed by atoms with Crippen molar-refractivity contribution >= 4 is 23.0 Å². The van der Waals surface area contributed by atoms with Crippen molar-refractivity contribution in [2.75, 3.05) is 43.0 Å². The van der Waals surface area contributed by atoms with Crippen molar-refractivity contribution in [3.63, 3.8) is 0 Å². The second-order valence-electron chi connectivity index (χ2n) is 6.47. The Bertz CT molecular complexity index is 829. The minimum absolute atomic E-state index is 0.276. The standard InChI is InChI=1S/C20H22N4O2/c25-13-16-20(26)23-19-15(18(22-16)14-5-2-1-3-6-14)7-4-8-17(19)24-11-9-21-10-12-24/h1-8,16,21,25H,9-13H2,(H,23,26)/t16-/m0/s1. The quantitative estimate of drug-likeness (QED) is 0.779. The Morgan fingerprint density at radius 1 is 1.08 bits per heavy atom. The van der Waals surface area contributed by atoms with Gasteiger partial charge in [0.05, 0.1) is 23.7 Å². The fourth-order valence-corrected chi connectivity index (χ4v) is 3.48. The molecule has 6 nitrogen and oxygen atoms in total. The van der Waals surface area contributed by atoms with E-state index in [4.69, 9.17) is 0 Å².